The van der Waals surface area contributed by atoms with E-state index < -0.39 is 0 Å². The van der Waals surface area contributed by atoms with Gasteiger partial charge in [-0.15, -0.1) is 0 Å². The number of rotatable bonds is 6. The largest absolute Gasteiger partial charge is 0.478 e. The Morgan fingerprint density at radius 2 is 2.19 bits per heavy atom. The highest BCUT2D eigenvalue weighted by Gasteiger charge is 2.26. The van der Waals surface area contributed by atoms with Crippen LogP contribution in [0.1, 0.15) is 36.5 Å². The third-order valence-electron chi connectivity index (χ3n) is 5.08. The minimum Gasteiger partial charge on any atom is -0.478 e. The Hall–Kier alpha value is -2.40. The van der Waals surface area contributed by atoms with Crippen molar-refractivity contribution in [3.8, 4) is 0 Å². The van der Waals surface area contributed by atoms with E-state index in [9.17, 15) is 0 Å². The van der Waals surface area contributed by atoms with Gasteiger partial charge in [0.05, 0.1) is 24.6 Å². The molecule has 0 spiro atoms. The lowest BCUT2D eigenvalue weighted by atomic mass is 9.93. The standard InChI is InChI=1S/C21H26N4O/c1-2-3-8-26-20-11-17-18(22)13-24-19(21(17)25-20)10-14-4-5-15-6-7-23-12-16(15)9-14/h4-5,9,11,23H,2-3,6-8,10,12-13,22H2,1H3. The van der Waals surface area contributed by atoms with E-state index in [4.69, 9.17) is 10.5 Å². The molecule has 4 rings (SSSR count). The molecule has 5 heteroatoms. The van der Waals surface area contributed by atoms with Gasteiger partial charge in [0.15, 0.2) is 0 Å². The van der Waals surface area contributed by atoms with Crippen LogP contribution >= 0.6 is 0 Å². The summed E-state index contributed by atoms with van der Waals surface area (Å²) in [5.41, 5.74) is 13.9. The van der Waals surface area contributed by atoms with Gasteiger partial charge in [-0.3, -0.25) is 4.99 Å². The number of hydrogen-bond donors (Lipinski definition) is 2. The van der Waals surface area contributed by atoms with Gasteiger partial charge in [0, 0.05) is 30.3 Å². The number of nitrogens with two attached hydrogens (primary N) is 1. The first-order valence-corrected chi connectivity index (χ1v) is 9.52. The van der Waals surface area contributed by atoms with E-state index in [1.807, 2.05) is 6.08 Å². The number of benzene rings is 1. The van der Waals surface area contributed by atoms with Crippen molar-refractivity contribution < 1.29 is 4.74 Å². The number of allylic oxidation sites excluding steroid dienone is 2. The molecule has 1 aromatic rings. The Morgan fingerprint density at radius 1 is 1.27 bits per heavy atom. The van der Waals surface area contributed by atoms with E-state index in [1.54, 1.807) is 0 Å². The van der Waals surface area contributed by atoms with Crippen LogP contribution < -0.4 is 11.1 Å². The molecule has 5 nitrogen and oxygen atoms in total. The summed E-state index contributed by atoms with van der Waals surface area (Å²) in [6, 6.07) is 6.77. The maximum Gasteiger partial charge on any atom is 0.214 e. The molecular weight excluding hydrogens is 324 g/mol. The van der Waals surface area contributed by atoms with Gasteiger partial charge < -0.3 is 15.8 Å². The summed E-state index contributed by atoms with van der Waals surface area (Å²) in [6.45, 7) is 5.39. The van der Waals surface area contributed by atoms with Crippen LogP contribution in [-0.4, -0.2) is 31.1 Å². The highest BCUT2D eigenvalue weighted by Crippen LogP contribution is 2.25. The number of aliphatic imine (C=N–C) groups is 2. The van der Waals surface area contributed by atoms with E-state index in [-0.39, 0.29) is 0 Å². The molecule has 0 radical (unpaired) electrons. The van der Waals surface area contributed by atoms with Crippen LogP contribution in [0.5, 0.6) is 0 Å². The van der Waals surface area contributed by atoms with E-state index in [0.29, 0.717) is 19.0 Å². The van der Waals surface area contributed by atoms with E-state index in [1.165, 1.54) is 16.7 Å². The lowest BCUT2D eigenvalue weighted by Gasteiger charge is -2.19. The Labute approximate surface area is 154 Å². The fraction of sp³-hybridized carbons (Fsp3) is 0.429. The molecule has 26 heavy (non-hydrogen) atoms. The van der Waals surface area contributed by atoms with Crippen LogP contribution in [0.4, 0.5) is 0 Å². The molecule has 0 saturated carbocycles. The van der Waals surface area contributed by atoms with Crippen LogP contribution in [0.2, 0.25) is 0 Å². The van der Waals surface area contributed by atoms with Crippen molar-refractivity contribution in [2.24, 2.45) is 15.7 Å². The monoisotopic (exact) mass is 350 g/mol. The summed E-state index contributed by atoms with van der Waals surface area (Å²) in [5, 5.41) is 3.44. The van der Waals surface area contributed by atoms with Crippen molar-refractivity contribution in [1.82, 2.24) is 5.32 Å². The van der Waals surface area contributed by atoms with Crippen LogP contribution in [0, 0.1) is 0 Å². The van der Waals surface area contributed by atoms with Crippen molar-refractivity contribution in [2.45, 2.75) is 39.2 Å². The molecular formula is C21H26N4O. The molecule has 1 aromatic carbocycles. The predicted octanol–water partition coefficient (Wildman–Crippen LogP) is 2.65. The van der Waals surface area contributed by atoms with Gasteiger partial charge in [-0.2, -0.15) is 0 Å². The zero-order chi connectivity index (χ0) is 17.9. The molecule has 0 fully saturated rings. The molecule has 3 aliphatic rings. The smallest absolute Gasteiger partial charge is 0.214 e. The molecule has 0 aromatic heterocycles. The lowest BCUT2D eigenvalue weighted by Crippen LogP contribution is -2.26. The lowest BCUT2D eigenvalue weighted by molar-refractivity contribution is 0.207. The topological polar surface area (TPSA) is 72.0 Å². The second-order valence-corrected chi connectivity index (χ2v) is 7.05. The van der Waals surface area contributed by atoms with Gasteiger partial charge in [-0.1, -0.05) is 31.5 Å². The van der Waals surface area contributed by atoms with Crippen molar-refractivity contribution in [2.75, 3.05) is 19.7 Å². The quantitative estimate of drug-likeness (QED) is 0.775. The number of fused-ring (bicyclic) bond motifs is 2. The van der Waals surface area contributed by atoms with Crippen molar-refractivity contribution in [3.63, 3.8) is 0 Å². The molecule has 0 bridgehead atoms. The highest BCUT2D eigenvalue weighted by atomic mass is 16.5. The van der Waals surface area contributed by atoms with Crippen molar-refractivity contribution in [3.05, 3.63) is 58.1 Å². The number of dihydropyridines is 1. The minimum atomic E-state index is 0.537. The summed E-state index contributed by atoms with van der Waals surface area (Å²) in [7, 11) is 0. The highest BCUT2D eigenvalue weighted by molar-refractivity contribution is 6.50. The number of nitrogens with zero attached hydrogens (tertiary/aromatic N) is 2. The van der Waals surface area contributed by atoms with Gasteiger partial charge in [-0.05, 0) is 36.1 Å². The molecule has 0 atom stereocenters. The average Bonchev–Trinajstić information content (AvgIpc) is 3.09. The second kappa shape index (κ2) is 7.46. The van der Waals surface area contributed by atoms with Crippen molar-refractivity contribution >= 4 is 11.4 Å². The summed E-state index contributed by atoms with van der Waals surface area (Å²) in [4.78, 5) is 9.36. The predicted molar refractivity (Wildman–Crippen MR) is 105 cm³/mol. The molecule has 0 amide bonds. The van der Waals surface area contributed by atoms with Gasteiger partial charge in [0.1, 0.15) is 0 Å². The first-order chi connectivity index (χ1) is 12.7. The Bertz CT molecular complexity index is 832. The summed E-state index contributed by atoms with van der Waals surface area (Å²) in [5.74, 6) is 0.663. The maximum absolute atomic E-state index is 6.17. The van der Waals surface area contributed by atoms with E-state index in [2.05, 4.69) is 40.4 Å². The Kier molecular flexibility index (Phi) is 4.89. The van der Waals surface area contributed by atoms with Crippen molar-refractivity contribution in [1.29, 1.82) is 0 Å². The van der Waals surface area contributed by atoms with Crippen LogP contribution in [-0.2, 0) is 24.1 Å². The Balaban J connectivity index is 1.52. The molecule has 3 N–H and O–H groups in total. The fourth-order valence-corrected chi connectivity index (χ4v) is 3.57. The fourth-order valence-electron chi connectivity index (χ4n) is 3.57. The molecule has 0 saturated heterocycles. The third kappa shape index (κ3) is 3.44. The van der Waals surface area contributed by atoms with E-state index >= 15 is 0 Å². The maximum atomic E-state index is 6.17. The average molecular weight is 350 g/mol. The van der Waals surface area contributed by atoms with E-state index in [0.717, 1.165) is 61.5 Å². The minimum absolute atomic E-state index is 0.537. The first kappa shape index (κ1) is 17.0. The second-order valence-electron chi connectivity index (χ2n) is 7.05. The number of hydrogen-bond acceptors (Lipinski definition) is 5. The molecule has 3 heterocycles. The molecule has 0 unspecified atom stereocenters. The molecule has 136 valence electrons. The number of unbranched alkanes of at least 4 members (excludes halogenated alkanes) is 1. The van der Waals surface area contributed by atoms with Gasteiger partial charge in [0.2, 0.25) is 5.88 Å². The molecule has 0 aliphatic carbocycles. The van der Waals surface area contributed by atoms with Crippen LogP contribution in [0.3, 0.4) is 0 Å². The SMILES string of the molecule is CCCCOC1=CC2=C(N)CN=C(Cc3ccc4c(c3)CNCC4)C2=N1. The van der Waals surface area contributed by atoms with Crippen LogP contribution in [0.15, 0.2) is 51.4 Å². The van der Waals surface area contributed by atoms with Gasteiger partial charge in [-0.25, -0.2) is 4.99 Å². The molecule has 3 aliphatic heterocycles. The summed E-state index contributed by atoms with van der Waals surface area (Å²) >= 11 is 0. The third-order valence-corrected chi connectivity index (χ3v) is 5.08. The normalized spacial score (nSPS) is 18.7. The van der Waals surface area contributed by atoms with Crippen LogP contribution in [0.25, 0.3) is 0 Å². The zero-order valence-corrected chi connectivity index (χ0v) is 15.3. The van der Waals surface area contributed by atoms with Gasteiger partial charge in [0.25, 0.3) is 0 Å². The summed E-state index contributed by atoms with van der Waals surface area (Å²) in [6.07, 6.45) is 5.98. The Morgan fingerprint density at radius 3 is 3.08 bits per heavy atom. The zero-order valence-electron chi connectivity index (χ0n) is 15.3. The van der Waals surface area contributed by atoms with Gasteiger partial charge >= 0.3 is 0 Å². The summed E-state index contributed by atoms with van der Waals surface area (Å²) < 4.78 is 5.78. The number of ether oxygens (including phenoxy) is 1. The first-order valence-electron chi connectivity index (χ1n) is 9.52. The number of nitrogens with one attached hydrogen (secondary N) is 1.